The predicted molar refractivity (Wildman–Crippen MR) is 116 cm³/mol. The Morgan fingerprint density at radius 1 is 0.867 bits per heavy atom. The second-order valence-electron chi connectivity index (χ2n) is 7.93. The number of primary amides is 1. The van der Waals surface area contributed by atoms with Crippen LogP contribution in [0.2, 0.25) is 0 Å². The van der Waals surface area contributed by atoms with Crippen LogP contribution in [0.4, 0.5) is 4.79 Å². The van der Waals surface area contributed by atoms with Crippen LogP contribution in [0.5, 0.6) is 0 Å². The average molecular weight is 429 g/mol. The van der Waals surface area contributed by atoms with Crippen LogP contribution in [0.15, 0.2) is 0 Å². The minimum absolute atomic E-state index is 0.147. The number of Topliss-reactive ketones (excluding diaryl/α,β-unsaturated/α-hetero) is 1. The normalized spacial score (nSPS) is 13.9. The maximum atomic E-state index is 12.7. The van der Waals surface area contributed by atoms with Gasteiger partial charge in [0.1, 0.15) is 6.04 Å². The average Bonchev–Trinajstić information content (AvgIpc) is 2.66. The van der Waals surface area contributed by atoms with Crippen molar-refractivity contribution in [1.29, 1.82) is 0 Å². The Labute approximate surface area is 179 Å². The number of hydrogen-bond acceptors (Lipinski definition) is 6. The van der Waals surface area contributed by atoms with E-state index in [1.165, 1.54) is 6.92 Å². The van der Waals surface area contributed by atoms with Gasteiger partial charge in [-0.15, -0.1) is 0 Å². The molecule has 0 saturated heterocycles. The van der Waals surface area contributed by atoms with Crippen LogP contribution < -0.4 is 33.2 Å². The first kappa shape index (κ1) is 27.8. The molecule has 0 aromatic rings. The molecule has 0 fully saturated rings. The summed E-state index contributed by atoms with van der Waals surface area (Å²) in [4.78, 5) is 47.7. The molecule has 0 aromatic heterocycles. The monoisotopic (exact) mass is 428 g/mol. The molecule has 0 spiro atoms. The molecule has 0 aliphatic heterocycles. The molecule has 0 bridgehead atoms. The highest BCUT2D eigenvalue weighted by Gasteiger charge is 2.28. The molecule has 9 N–H and O–H groups in total. The minimum Gasteiger partial charge on any atom is -0.352 e. The van der Waals surface area contributed by atoms with Gasteiger partial charge in [-0.25, -0.2) is 4.79 Å². The molecular weight excluding hydrogens is 388 g/mol. The van der Waals surface area contributed by atoms with Crippen molar-refractivity contribution in [2.45, 2.75) is 83.8 Å². The number of amides is 4. The molecule has 0 aromatic carbocycles. The first-order valence-corrected chi connectivity index (χ1v) is 10.7. The van der Waals surface area contributed by atoms with Gasteiger partial charge in [-0.3, -0.25) is 14.4 Å². The maximum absolute atomic E-state index is 12.7. The number of unbranched alkanes of at least 4 members (excludes halogenated alkanes) is 3. The molecule has 0 rings (SSSR count). The van der Waals surface area contributed by atoms with Gasteiger partial charge in [0, 0.05) is 6.54 Å². The third kappa shape index (κ3) is 12.4. The number of urea groups is 1. The van der Waals surface area contributed by atoms with E-state index in [2.05, 4.69) is 16.0 Å². The van der Waals surface area contributed by atoms with Crippen molar-refractivity contribution in [3.63, 3.8) is 0 Å². The maximum Gasteiger partial charge on any atom is 0.312 e. The Morgan fingerprint density at radius 3 is 2.03 bits per heavy atom. The highest BCUT2D eigenvalue weighted by Crippen LogP contribution is 2.08. The third-order valence-electron chi connectivity index (χ3n) is 4.83. The molecule has 0 aliphatic rings. The fourth-order valence-corrected chi connectivity index (χ4v) is 2.94. The molecular formula is C20H40N6O4. The van der Waals surface area contributed by atoms with Crippen LogP contribution in [-0.4, -0.2) is 54.8 Å². The summed E-state index contributed by atoms with van der Waals surface area (Å²) in [5, 5.41) is 7.97. The van der Waals surface area contributed by atoms with Crippen molar-refractivity contribution in [2.75, 3.05) is 13.1 Å². The number of ketones is 1. The quantitative estimate of drug-likeness (QED) is 0.186. The summed E-state index contributed by atoms with van der Waals surface area (Å²) < 4.78 is 0. The fraction of sp³-hybridized carbons (Fsp3) is 0.800. The molecule has 10 heteroatoms. The Bertz CT molecular complexity index is 555. The molecule has 2 unspecified atom stereocenters. The van der Waals surface area contributed by atoms with Crippen molar-refractivity contribution >= 4 is 23.6 Å². The lowest BCUT2D eigenvalue weighted by atomic mass is 10.00. The van der Waals surface area contributed by atoms with Crippen molar-refractivity contribution in [1.82, 2.24) is 16.0 Å². The van der Waals surface area contributed by atoms with Crippen LogP contribution in [-0.2, 0) is 14.4 Å². The van der Waals surface area contributed by atoms with Gasteiger partial charge in [0.15, 0.2) is 5.78 Å². The van der Waals surface area contributed by atoms with E-state index < -0.39 is 30.1 Å². The number of rotatable bonds is 16. The van der Waals surface area contributed by atoms with Crippen molar-refractivity contribution in [3.05, 3.63) is 0 Å². The van der Waals surface area contributed by atoms with Gasteiger partial charge in [-0.1, -0.05) is 33.1 Å². The second-order valence-corrected chi connectivity index (χ2v) is 7.93. The zero-order valence-electron chi connectivity index (χ0n) is 18.5. The predicted octanol–water partition coefficient (Wildman–Crippen LogP) is -0.114. The first-order chi connectivity index (χ1) is 14.1. The summed E-state index contributed by atoms with van der Waals surface area (Å²) in [7, 11) is 0. The first-order valence-electron chi connectivity index (χ1n) is 10.7. The van der Waals surface area contributed by atoms with Gasteiger partial charge < -0.3 is 33.2 Å². The van der Waals surface area contributed by atoms with Crippen LogP contribution in [0, 0.1) is 5.92 Å². The summed E-state index contributed by atoms with van der Waals surface area (Å²) in [5.41, 5.74) is 16.4. The van der Waals surface area contributed by atoms with Gasteiger partial charge >= 0.3 is 6.03 Å². The van der Waals surface area contributed by atoms with Crippen LogP contribution in [0.1, 0.15) is 65.7 Å². The standard InChI is InChI=1S/C20H40N6O4/c1-13(2)17(26-18(28)15(22)9-6-7-11-21)19(29)25-16(14(3)27)10-5-4-8-12-24-20(23)30/h13,15-17H,4-12,21-22H2,1-3H3,(H,25,29)(H,26,28)(H3,23,24,30)/t15?,16?,17-/m0/s1. The minimum atomic E-state index is -0.778. The van der Waals surface area contributed by atoms with Gasteiger partial charge in [0.25, 0.3) is 0 Å². The van der Waals surface area contributed by atoms with Gasteiger partial charge in [0.05, 0.1) is 12.1 Å². The van der Waals surface area contributed by atoms with Crippen LogP contribution >= 0.6 is 0 Å². The van der Waals surface area contributed by atoms with E-state index in [4.69, 9.17) is 17.2 Å². The summed E-state index contributed by atoms with van der Waals surface area (Å²) >= 11 is 0. The molecule has 3 atom stereocenters. The number of carbonyl (C=O) groups is 4. The second kappa shape index (κ2) is 15.6. The lowest BCUT2D eigenvalue weighted by Gasteiger charge is -2.26. The zero-order valence-corrected chi connectivity index (χ0v) is 18.5. The molecule has 0 radical (unpaired) electrons. The molecule has 30 heavy (non-hydrogen) atoms. The fourth-order valence-electron chi connectivity index (χ4n) is 2.94. The van der Waals surface area contributed by atoms with Crippen LogP contribution in [0.3, 0.4) is 0 Å². The number of carbonyl (C=O) groups excluding carboxylic acids is 4. The van der Waals surface area contributed by atoms with Crippen molar-refractivity contribution in [2.24, 2.45) is 23.1 Å². The van der Waals surface area contributed by atoms with E-state index in [9.17, 15) is 19.2 Å². The SMILES string of the molecule is CC(=O)C(CCCCCNC(N)=O)NC(=O)[C@@H](NC(=O)C(N)CCCCN)C(C)C. The van der Waals surface area contributed by atoms with E-state index in [1.807, 2.05) is 13.8 Å². The van der Waals surface area contributed by atoms with E-state index in [0.717, 1.165) is 25.7 Å². The van der Waals surface area contributed by atoms with Crippen molar-refractivity contribution < 1.29 is 19.2 Å². The summed E-state index contributed by atoms with van der Waals surface area (Å²) in [6.45, 7) is 6.08. The van der Waals surface area contributed by atoms with E-state index in [1.54, 1.807) is 0 Å². The molecule has 10 nitrogen and oxygen atoms in total. The number of hydrogen-bond donors (Lipinski definition) is 6. The molecule has 174 valence electrons. The Hall–Kier alpha value is -2.20. The number of nitrogens with two attached hydrogens (primary N) is 3. The summed E-state index contributed by atoms with van der Waals surface area (Å²) in [5.74, 6) is -1.10. The number of nitrogens with one attached hydrogen (secondary N) is 3. The van der Waals surface area contributed by atoms with E-state index >= 15 is 0 Å². The summed E-state index contributed by atoms with van der Waals surface area (Å²) in [6, 6.07) is -2.68. The Balaban J connectivity index is 4.66. The molecule has 0 aliphatic carbocycles. The highest BCUT2D eigenvalue weighted by atomic mass is 16.2. The van der Waals surface area contributed by atoms with E-state index in [-0.39, 0.29) is 17.6 Å². The highest BCUT2D eigenvalue weighted by molar-refractivity contribution is 5.93. The topological polar surface area (TPSA) is 182 Å². The lowest BCUT2D eigenvalue weighted by Crippen LogP contribution is -2.56. The molecule has 0 heterocycles. The largest absolute Gasteiger partial charge is 0.352 e. The molecule has 4 amide bonds. The lowest BCUT2D eigenvalue weighted by molar-refractivity contribution is -0.132. The Morgan fingerprint density at radius 2 is 1.50 bits per heavy atom. The van der Waals surface area contributed by atoms with Gasteiger partial charge in [-0.2, -0.15) is 0 Å². The smallest absolute Gasteiger partial charge is 0.312 e. The van der Waals surface area contributed by atoms with Crippen molar-refractivity contribution in [3.8, 4) is 0 Å². The molecule has 0 saturated carbocycles. The third-order valence-corrected chi connectivity index (χ3v) is 4.83. The Kier molecular flexibility index (Phi) is 14.5. The van der Waals surface area contributed by atoms with E-state index in [0.29, 0.717) is 32.4 Å². The summed E-state index contributed by atoms with van der Waals surface area (Å²) in [6.07, 6.45) is 4.72. The van der Waals surface area contributed by atoms with Crippen LogP contribution in [0.25, 0.3) is 0 Å². The van der Waals surface area contributed by atoms with Gasteiger partial charge in [-0.05, 0) is 45.1 Å². The zero-order chi connectivity index (χ0) is 23.1. The van der Waals surface area contributed by atoms with Gasteiger partial charge in [0.2, 0.25) is 11.8 Å².